The summed E-state index contributed by atoms with van der Waals surface area (Å²) in [6.45, 7) is 1.87. The van der Waals surface area contributed by atoms with Crippen molar-refractivity contribution in [2.45, 2.75) is 32.6 Å². The second-order valence-corrected chi connectivity index (χ2v) is 5.41. The number of esters is 1. The molecule has 1 saturated carbocycles. The van der Waals surface area contributed by atoms with Gasteiger partial charge in [0.25, 0.3) is 0 Å². The zero-order valence-electron chi connectivity index (χ0n) is 11.9. The number of phenolic OH excluding ortho intramolecular Hbond substituents is 1. The van der Waals surface area contributed by atoms with Crippen LogP contribution in [-0.2, 0) is 9.53 Å². The third kappa shape index (κ3) is 2.84. The smallest absolute Gasteiger partial charge is 0.309 e. The molecule has 0 saturated heterocycles. The molecule has 2 rings (SSSR count). The molecule has 0 radical (unpaired) electrons. The highest BCUT2D eigenvalue weighted by molar-refractivity contribution is 6.02. The Bertz CT molecular complexity index is 521. The predicted molar refractivity (Wildman–Crippen MR) is 74.6 cm³/mol. The number of phenols is 1. The van der Waals surface area contributed by atoms with Crippen LogP contribution in [0.4, 0.5) is 0 Å². The second-order valence-electron chi connectivity index (χ2n) is 5.41. The number of methoxy groups -OCH3 is 1. The monoisotopic (exact) mass is 276 g/mol. The van der Waals surface area contributed by atoms with Crippen LogP contribution in [0, 0.1) is 18.8 Å². The van der Waals surface area contributed by atoms with Gasteiger partial charge in [-0.2, -0.15) is 0 Å². The molecule has 0 aromatic heterocycles. The topological polar surface area (TPSA) is 63.6 Å². The minimum Gasteiger partial charge on any atom is -0.507 e. The third-order valence-corrected chi connectivity index (χ3v) is 4.02. The minimum atomic E-state index is -0.388. The molecule has 0 bridgehead atoms. The van der Waals surface area contributed by atoms with E-state index >= 15 is 0 Å². The van der Waals surface area contributed by atoms with Gasteiger partial charge in [-0.1, -0.05) is 24.5 Å². The lowest BCUT2D eigenvalue weighted by Gasteiger charge is -2.28. The van der Waals surface area contributed by atoms with Gasteiger partial charge in [-0.25, -0.2) is 0 Å². The first kappa shape index (κ1) is 14.6. The molecule has 108 valence electrons. The number of aryl methyl sites for hydroxylation is 1. The molecule has 0 heterocycles. The molecule has 1 aromatic rings. The van der Waals surface area contributed by atoms with Gasteiger partial charge in [0, 0.05) is 5.92 Å². The van der Waals surface area contributed by atoms with Gasteiger partial charge in [-0.15, -0.1) is 0 Å². The Morgan fingerprint density at radius 3 is 2.50 bits per heavy atom. The van der Waals surface area contributed by atoms with E-state index < -0.39 is 0 Å². The molecule has 1 aliphatic rings. The maximum atomic E-state index is 12.6. The summed E-state index contributed by atoms with van der Waals surface area (Å²) < 4.78 is 4.81. The Balaban J connectivity index is 2.30. The number of hydrogen-bond donors (Lipinski definition) is 1. The third-order valence-electron chi connectivity index (χ3n) is 4.02. The molecule has 4 heteroatoms. The van der Waals surface area contributed by atoms with E-state index in [4.69, 9.17) is 4.74 Å². The molecule has 0 aliphatic heterocycles. The number of hydrogen-bond acceptors (Lipinski definition) is 4. The Hall–Kier alpha value is -1.84. The first-order chi connectivity index (χ1) is 9.54. The number of rotatable bonds is 3. The quantitative estimate of drug-likeness (QED) is 0.681. The van der Waals surface area contributed by atoms with Crippen LogP contribution in [0.5, 0.6) is 5.75 Å². The van der Waals surface area contributed by atoms with Gasteiger partial charge < -0.3 is 9.84 Å². The number of benzene rings is 1. The van der Waals surface area contributed by atoms with Crippen molar-refractivity contribution in [1.29, 1.82) is 0 Å². The summed E-state index contributed by atoms with van der Waals surface area (Å²) in [6.07, 6.45) is 3.21. The van der Waals surface area contributed by atoms with Gasteiger partial charge in [0.05, 0.1) is 18.6 Å². The maximum absolute atomic E-state index is 12.6. The van der Waals surface area contributed by atoms with Crippen LogP contribution in [0.3, 0.4) is 0 Å². The largest absolute Gasteiger partial charge is 0.507 e. The van der Waals surface area contributed by atoms with Crippen molar-refractivity contribution < 1.29 is 19.4 Å². The Morgan fingerprint density at radius 1 is 1.20 bits per heavy atom. The highest BCUT2D eigenvalue weighted by Gasteiger charge is 2.37. The van der Waals surface area contributed by atoms with Gasteiger partial charge in [0.1, 0.15) is 5.75 Å². The van der Waals surface area contributed by atoms with Gasteiger partial charge in [-0.3, -0.25) is 9.59 Å². The van der Waals surface area contributed by atoms with Crippen molar-refractivity contribution in [3.8, 4) is 5.75 Å². The zero-order valence-corrected chi connectivity index (χ0v) is 11.9. The zero-order chi connectivity index (χ0) is 14.7. The van der Waals surface area contributed by atoms with Crippen LogP contribution < -0.4 is 0 Å². The molecule has 1 N–H and O–H groups in total. The van der Waals surface area contributed by atoms with Gasteiger partial charge in [0.2, 0.25) is 0 Å². The van der Waals surface area contributed by atoms with Crippen LogP contribution in [0.2, 0.25) is 0 Å². The van der Waals surface area contributed by atoms with Crippen molar-refractivity contribution >= 4 is 11.8 Å². The molecule has 0 spiro atoms. The average Bonchev–Trinajstić information content (AvgIpc) is 2.48. The maximum Gasteiger partial charge on any atom is 0.309 e. The van der Waals surface area contributed by atoms with E-state index in [2.05, 4.69) is 0 Å². The molecule has 4 nitrogen and oxygen atoms in total. The van der Waals surface area contributed by atoms with E-state index in [1.54, 1.807) is 12.1 Å². The molecule has 2 atom stereocenters. The average molecular weight is 276 g/mol. The number of carbonyl (C=O) groups excluding carboxylic acids is 2. The van der Waals surface area contributed by atoms with Crippen LogP contribution in [0.25, 0.3) is 0 Å². The van der Waals surface area contributed by atoms with Crippen molar-refractivity contribution in [3.05, 3.63) is 29.3 Å². The fraction of sp³-hybridized carbons (Fsp3) is 0.500. The lowest BCUT2D eigenvalue weighted by atomic mass is 9.75. The fourth-order valence-electron chi connectivity index (χ4n) is 2.93. The normalized spacial score (nSPS) is 22.3. The lowest BCUT2D eigenvalue weighted by Crippen LogP contribution is -2.33. The Labute approximate surface area is 118 Å². The van der Waals surface area contributed by atoms with Crippen LogP contribution in [-0.4, -0.2) is 24.0 Å². The molecular formula is C16H20O4. The van der Waals surface area contributed by atoms with Crippen molar-refractivity contribution in [2.24, 2.45) is 11.8 Å². The summed E-state index contributed by atoms with van der Waals surface area (Å²) in [7, 11) is 1.35. The van der Waals surface area contributed by atoms with E-state index in [1.807, 2.05) is 6.92 Å². The summed E-state index contributed by atoms with van der Waals surface area (Å²) in [5.41, 5.74) is 1.22. The molecule has 1 aliphatic carbocycles. The summed E-state index contributed by atoms with van der Waals surface area (Å²) in [6, 6.07) is 4.96. The summed E-state index contributed by atoms with van der Waals surface area (Å²) >= 11 is 0. The van der Waals surface area contributed by atoms with Gasteiger partial charge in [0.15, 0.2) is 5.78 Å². The van der Waals surface area contributed by atoms with E-state index in [-0.39, 0.29) is 29.3 Å². The molecule has 0 amide bonds. The van der Waals surface area contributed by atoms with Crippen LogP contribution in [0.15, 0.2) is 18.2 Å². The summed E-state index contributed by atoms with van der Waals surface area (Å²) in [5.74, 6) is -1.27. The predicted octanol–water partition coefficient (Wildman–Crippen LogP) is 2.86. The fourth-order valence-corrected chi connectivity index (χ4v) is 2.93. The van der Waals surface area contributed by atoms with E-state index in [0.717, 1.165) is 18.4 Å². The first-order valence-electron chi connectivity index (χ1n) is 6.96. The molecule has 1 aromatic carbocycles. The Morgan fingerprint density at radius 2 is 1.85 bits per heavy atom. The van der Waals surface area contributed by atoms with Gasteiger partial charge >= 0.3 is 5.97 Å². The molecule has 2 unspecified atom stereocenters. The minimum absolute atomic E-state index is 0.0187. The first-order valence-corrected chi connectivity index (χ1v) is 6.96. The van der Waals surface area contributed by atoms with Crippen LogP contribution in [0.1, 0.15) is 41.6 Å². The molecular weight excluding hydrogens is 256 g/mol. The number of ether oxygens (including phenoxy) is 1. The van der Waals surface area contributed by atoms with Crippen molar-refractivity contribution in [3.63, 3.8) is 0 Å². The van der Waals surface area contributed by atoms with Crippen molar-refractivity contribution in [1.82, 2.24) is 0 Å². The number of aromatic hydroxyl groups is 1. The second kappa shape index (κ2) is 6.07. The number of ketones is 1. The SMILES string of the molecule is COC(=O)C1CCCCC1C(=O)c1cc(C)ccc1O. The number of carbonyl (C=O) groups is 2. The highest BCUT2D eigenvalue weighted by Crippen LogP contribution is 2.35. The Kier molecular flexibility index (Phi) is 4.42. The van der Waals surface area contributed by atoms with E-state index in [1.165, 1.54) is 13.2 Å². The summed E-state index contributed by atoms with van der Waals surface area (Å²) in [4.78, 5) is 24.5. The van der Waals surface area contributed by atoms with Crippen molar-refractivity contribution in [2.75, 3.05) is 7.11 Å². The summed E-state index contributed by atoms with van der Waals surface area (Å²) in [5, 5.41) is 9.88. The van der Waals surface area contributed by atoms with Gasteiger partial charge in [-0.05, 0) is 31.9 Å². The number of Topliss-reactive ketones (excluding diaryl/α,β-unsaturated/α-hetero) is 1. The standard InChI is InChI=1S/C16H20O4/c1-10-7-8-14(17)13(9-10)15(18)11-5-3-4-6-12(11)16(19)20-2/h7-9,11-12,17H,3-6H2,1-2H3. The lowest BCUT2D eigenvalue weighted by molar-refractivity contribution is -0.147. The highest BCUT2D eigenvalue weighted by atomic mass is 16.5. The molecule has 20 heavy (non-hydrogen) atoms. The molecule has 1 fully saturated rings. The van der Waals surface area contributed by atoms with E-state index in [9.17, 15) is 14.7 Å². The van der Waals surface area contributed by atoms with Crippen LogP contribution >= 0.6 is 0 Å². The van der Waals surface area contributed by atoms with E-state index in [0.29, 0.717) is 18.4 Å².